The van der Waals surface area contributed by atoms with Crippen LogP contribution in [0.3, 0.4) is 0 Å². The minimum absolute atomic E-state index is 0.103. The number of carbonyl (C=O) groups is 3. The summed E-state index contributed by atoms with van der Waals surface area (Å²) in [6.07, 6.45) is 0. The molecule has 2 amide bonds. The van der Waals surface area contributed by atoms with Crippen molar-refractivity contribution in [3.05, 3.63) is 64.2 Å². The average Bonchev–Trinajstić information content (AvgIpc) is 2.87. The topological polar surface area (TPSA) is 75.7 Å². The van der Waals surface area contributed by atoms with Crippen molar-refractivity contribution < 1.29 is 19.1 Å². The number of hydrogen-bond acceptors (Lipinski definition) is 5. The van der Waals surface area contributed by atoms with Gasteiger partial charge in [-0.25, -0.2) is 4.79 Å². The number of anilines is 1. The van der Waals surface area contributed by atoms with Gasteiger partial charge in [-0.2, -0.15) is 0 Å². The molecule has 0 aliphatic carbocycles. The molecule has 0 saturated carbocycles. The number of nitrogens with one attached hydrogen (secondary N) is 1. The second-order valence-corrected chi connectivity index (χ2v) is 5.81. The van der Waals surface area contributed by atoms with Crippen LogP contribution >= 0.6 is 0 Å². The van der Waals surface area contributed by atoms with Crippen molar-refractivity contribution in [1.82, 2.24) is 4.90 Å². The van der Waals surface area contributed by atoms with Crippen LogP contribution in [0.25, 0.3) is 0 Å². The molecule has 0 radical (unpaired) electrons. The monoisotopic (exact) mass is 336 g/mol. The van der Waals surface area contributed by atoms with Crippen LogP contribution in [0.2, 0.25) is 0 Å². The molecule has 0 fully saturated rings. The number of amides is 2. The van der Waals surface area contributed by atoms with Crippen molar-refractivity contribution in [2.24, 2.45) is 0 Å². The summed E-state index contributed by atoms with van der Waals surface area (Å²) in [7, 11) is 3.02. The van der Waals surface area contributed by atoms with E-state index in [1.165, 1.54) is 12.0 Å². The van der Waals surface area contributed by atoms with Crippen molar-refractivity contribution in [3.63, 3.8) is 0 Å². The molecular weight excluding hydrogens is 319 g/mol. The van der Waals surface area contributed by atoms with E-state index in [0.717, 1.165) is 5.56 Å². The molecule has 0 bridgehead atoms. The molecule has 1 aliphatic rings. The molecule has 25 heavy (non-hydrogen) atoms. The first-order chi connectivity index (χ1) is 12.0. The number of hydrogen-bond donors (Lipinski definition) is 1. The summed E-state index contributed by atoms with van der Waals surface area (Å²) >= 11 is 0. The van der Waals surface area contributed by atoms with E-state index in [4.69, 9.17) is 4.74 Å². The molecule has 2 aromatic carbocycles. The maximum absolute atomic E-state index is 12.5. The Morgan fingerprint density at radius 3 is 2.28 bits per heavy atom. The van der Waals surface area contributed by atoms with Gasteiger partial charge in [-0.15, -0.1) is 0 Å². The van der Waals surface area contributed by atoms with E-state index in [1.54, 1.807) is 44.4 Å². The van der Waals surface area contributed by atoms with Gasteiger partial charge in [0, 0.05) is 5.69 Å². The van der Waals surface area contributed by atoms with Crippen molar-refractivity contribution in [2.75, 3.05) is 12.3 Å². The third-order valence-corrected chi connectivity index (χ3v) is 4.36. The Bertz CT molecular complexity index is 860. The highest BCUT2D eigenvalue weighted by Crippen LogP contribution is 2.27. The molecule has 2 aromatic rings. The minimum Gasteiger partial charge on any atom is -0.465 e. The van der Waals surface area contributed by atoms with Crippen LogP contribution in [0.5, 0.6) is 0 Å². The fourth-order valence-electron chi connectivity index (χ4n) is 2.96. The normalized spacial score (nSPS) is 13.0. The predicted molar refractivity (Wildman–Crippen MR) is 95.3 cm³/mol. The smallest absolute Gasteiger partial charge is 0.339 e. The van der Waals surface area contributed by atoms with E-state index >= 15 is 0 Å². The van der Waals surface area contributed by atoms with Crippen molar-refractivity contribution >= 4 is 31.5 Å². The van der Waals surface area contributed by atoms with Gasteiger partial charge < -0.3 is 9.96 Å². The van der Waals surface area contributed by atoms with Crippen molar-refractivity contribution in [2.45, 2.75) is 13.5 Å². The van der Waals surface area contributed by atoms with Gasteiger partial charge in [0.1, 0.15) is 0 Å². The number of methoxy groups -OCH3 is 1. The van der Waals surface area contributed by atoms with Crippen LogP contribution in [0.1, 0.15) is 42.2 Å². The van der Waals surface area contributed by atoms with E-state index < -0.39 is 5.97 Å². The Morgan fingerprint density at radius 1 is 1.16 bits per heavy atom. The lowest BCUT2D eigenvalue weighted by atomic mass is 10.0. The summed E-state index contributed by atoms with van der Waals surface area (Å²) in [5.41, 5.74) is 3.40. The first-order valence-corrected chi connectivity index (χ1v) is 7.82. The number of imide groups is 1. The summed E-state index contributed by atoms with van der Waals surface area (Å²) in [5.74, 6) is -1.12. The Balaban J connectivity index is 1.98. The lowest BCUT2D eigenvalue weighted by Crippen LogP contribution is -2.29. The Hall–Kier alpha value is -3.09. The molecule has 1 heterocycles. The van der Waals surface area contributed by atoms with E-state index in [-0.39, 0.29) is 18.4 Å². The van der Waals surface area contributed by atoms with Crippen LogP contribution in [0.4, 0.5) is 5.69 Å². The zero-order valence-corrected chi connectivity index (χ0v) is 14.3. The molecule has 0 aromatic heterocycles. The maximum Gasteiger partial charge on any atom is 0.339 e. The Morgan fingerprint density at radius 2 is 1.76 bits per heavy atom. The Labute approximate surface area is 146 Å². The fraction of sp³-hybridized carbons (Fsp3) is 0.167. The minimum atomic E-state index is -0.479. The van der Waals surface area contributed by atoms with Crippen LogP contribution in [0.15, 0.2) is 36.4 Å². The van der Waals surface area contributed by atoms with Crippen LogP contribution in [0, 0.1) is 6.92 Å². The van der Waals surface area contributed by atoms with Gasteiger partial charge in [-0.3, -0.25) is 14.5 Å². The summed E-state index contributed by atoms with van der Waals surface area (Å²) in [5, 5.41) is 2.96. The molecule has 1 aliphatic heterocycles. The number of aryl methyl sites for hydroxylation is 1. The van der Waals surface area contributed by atoms with Gasteiger partial charge >= 0.3 is 5.97 Å². The molecule has 0 saturated heterocycles. The fourth-order valence-corrected chi connectivity index (χ4v) is 2.96. The van der Waals surface area contributed by atoms with Gasteiger partial charge in [-0.1, -0.05) is 12.1 Å². The molecule has 3 rings (SSSR count). The second-order valence-electron chi connectivity index (χ2n) is 5.81. The van der Waals surface area contributed by atoms with Crippen LogP contribution in [-0.2, 0) is 11.3 Å². The van der Waals surface area contributed by atoms with Crippen LogP contribution in [-0.4, -0.2) is 37.8 Å². The number of ether oxygens (including phenoxy) is 1. The molecular formula is C18H17BN2O4. The summed E-state index contributed by atoms with van der Waals surface area (Å²) in [6, 6.07) is 10.2. The van der Waals surface area contributed by atoms with Crippen LogP contribution < -0.4 is 5.23 Å². The number of rotatable bonds is 4. The molecule has 0 atom stereocenters. The quantitative estimate of drug-likeness (QED) is 0.521. The lowest BCUT2D eigenvalue weighted by Gasteiger charge is -2.18. The summed E-state index contributed by atoms with van der Waals surface area (Å²) < 4.78 is 4.81. The van der Waals surface area contributed by atoms with Gasteiger partial charge in [0.25, 0.3) is 11.8 Å². The number of nitrogens with zero attached hydrogens (tertiary/aromatic N) is 1. The average molecular weight is 336 g/mol. The zero-order valence-electron chi connectivity index (χ0n) is 14.3. The predicted octanol–water partition coefficient (Wildman–Crippen LogP) is 1.54. The zero-order chi connectivity index (χ0) is 18.1. The van der Waals surface area contributed by atoms with E-state index in [2.05, 4.69) is 5.23 Å². The molecule has 0 spiro atoms. The third kappa shape index (κ3) is 2.78. The van der Waals surface area contributed by atoms with Crippen molar-refractivity contribution in [1.29, 1.82) is 0 Å². The molecule has 7 heteroatoms. The van der Waals surface area contributed by atoms with Gasteiger partial charge in [-0.05, 0) is 42.3 Å². The SMILES string of the molecule is BNc1cc(C)c(CN2C(=O)c3ccccc3C2=O)cc1C(=O)OC. The van der Waals surface area contributed by atoms with E-state index in [1.807, 2.05) is 6.92 Å². The lowest BCUT2D eigenvalue weighted by molar-refractivity contribution is 0.0601. The van der Waals surface area contributed by atoms with Gasteiger partial charge in [0.2, 0.25) is 7.98 Å². The first kappa shape index (κ1) is 16.8. The number of fused-ring (bicyclic) bond motifs is 1. The molecule has 126 valence electrons. The van der Waals surface area contributed by atoms with Crippen molar-refractivity contribution in [3.8, 4) is 0 Å². The summed E-state index contributed by atoms with van der Waals surface area (Å²) in [6.45, 7) is 1.97. The second kappa shape index (κ2) is 6.43. The molecule has 0 unspecified atom stereocenters. The third-order valence-electron chi connectivity index (χ3n) is 4.36. The Kier molecular flexibility index (Phi) is 4.31. The summed E-state index contributed by atoms with van der Waals surface area (Å²) in [4.78, 5) is 38.2. The number of carbonyl (C=O) groups excluding carboxylic acids is 3. The number of esters is 1. The van der Waals surface area contributed by atoms with E-state index in [9.17, 15) is 14.4 Å². The highest BCUT2D eigenvalue weighted by Gasteiger charge is 2.35. The van der Waals surface area contributed by atoms with Gasteiger partial charge in [0.05, 0.1) is 30.3 Å². The molecule has 1 N–H and O–H groups in total. The largest absolute Gasteiger partial charge is 0.465 e. The van der Waals surface area contributed by atoms with E-state index in [0.29, 0.717) is 27.9 Å². The van der Waals surface area contributed by atoms with Gasteiger partial charge in [0.15, 0.2) is 0 Å². The standard InChI is InChI=1S/C18H17BN2O4/c1-10-7-15(20-19)14(18(24)25-2)8-11(10)9-21-16(22)12-5-3-4-6-13(12)17(21)23/h3-8,20H,9,19H2,1-2H3. The number of benzene rings is 2. The highest BCUT2D eigenvalue weighted by atomic mass is 16.5. The maximum atomic E-state index is 12.5. The molecule has 6 nitrogen and oxygen atoms in total. The highest BCUT2D eigenvalue weighted by molar-refractivity contribution is 6.21. The first-order valence-electron chi connectivity index (χ1n) is 7.82.